The topological polar surface area (TPSA) is 43.1 Å². The molecule has 8 heteroatoms. The highest BCUT2D eigenvalue weighted by Crippen LogP contribution is 2.36. The van der Waals surface area contributed by atoms with Crippen molar-refractivity contribution < 1.29 is 26.9 Å². The third-order valence-electron chi connectivity index (χ3n) is 1.55. The Hall–Kier alpha value is -1.73. The van der Waals surface area contributed by atoms with Crippen LogP contribution >= 0.6 is 0 Å². The second kappa shape index (κ2) is 3.44. The van der Waals surface area contributed by atoms with Gasteiger partial charge in [0.05, 0.1) is 4.92 Å². The van der Waals surface area contributed by atoms with Gasteiger partial charge in [-0.25, -0.2) is 4.39 Å². The number of hydrogen-bond acceptors (Lipinski definition) is 2. The molecule has 0 saturated heterocycles. The van der Waals surface area contributed by atoms with Gasteiger partial charge in [-0.2, -0.15) is 17.6 Å². The van der Waals surface area contributed by atoms with Crippen molar-refractivity contribution in [2.24, 2.45) is 0 Å². The number of nitro benzene ring substituents is 1. The van der Waals surface area contributed by atoms with E-state index in [2.05, 4.69) is 0 Å². The van der Waals surface area contributed by atoms with Crippen molar-refractivity contribution in [1.29, 1.82) is 0 Å². The Labute approximate surface area is 79.3 Å². The van der Waals surface area contributed by atoms with Gasteiger partial charge in [-0.1, -0.05) is 0 Å². The van der Waals surface area contributed by atoms with Crippen molar-refractivity contribution in [3.63, 3.8) is 0 Å². The van der Waals surface area contributed by atoms with Gasteiger partial charge in [-0.15, -0.1) is 0 Å². The smallest absolute Gasteiger partial charge is 0.258 e. The van der Waals surface area contributed by atoms with Gasteiger partial charge in [0.15, 0.2) is 0 Å². The molecule has 0 unspecified atom stereocenters. The molecule has 0 atom stereocenters. The summed E-state index contributed by atoms with van der Waals surface area (Å²) >= 11 is 0. The summed E-state index contributed by atoms with van der Waals surface area (Å²) in [4.78, 5) is 8.73. The number of rotatable bonds is 1. The molecule has 15 heavy (non-hydrogen) atoms. The first-order valence-electron chi connectivity index (χ1n) is 3.44. The lowest BCUT2D eigenvalue weighted by Crippen LogP contribution is -2.12. The lowest BCUT2D eigenvalue weighted by atomic mass is 10.1. The number of alkyl halides is 3. The maximum atomic E-state index is 12.9. The van der Waals surface area contributed by atoms with Crippen molar-refractivity contribution in [3.8, 4) is 0 Å². The first-order valence-corrected chi connectivity index (χ1v) is 3.44. The van der Waals surface area contributed by atoms with Gasteiger partial charge in [0.2, 0.25) is 5.82 Å². The third-order valence-corrected chi connectivity index (χ3v) is 1.55. The van der Waals surface area contributed by atoms with Crippen LogP contribution in [0.5, 0.6) is 0 Å². The highest BCUT2D eigenvalue weighted by atomic mass is 19.4. The van der Waals surface area contributed by atoms with Crippen LogP contribution in [0.15, 0.2) is 12.1 Å². The number of nitro groups is 1. The van der Waals surface area contributed by atoms with Crippen LogP contribution in [-0.2, 0) is 6.18 Å². The van der Waals surface area contributed by atoms with Crippen LogP contribution in [0.1, 0.15) is 5.56 Å². The lowest BCUT2D eigenvalue weighted by molar-refractivity contribution is -0.388. The van der Waals surface area contributed by atoms with E-state index in [1.807, 2.05) is 0 Å². The summed E-state index contributed by atoms with van der Waals surface area (Å²) in [5.74, 6) is -4.10. The van der Waals surface area contributed by atoms with Crippen molar-refractivity contribution >= 4 is 5.69 Å². The van der Waals surface area contributed by atoms with E-state index in [-0.39, 0.29) is 6.07 Å². The molecule has 0 saturated carbocycles. The summed E-state index contributed by atoms with van der Waals surface area (Å²) in [6.07, 6.45) is -5.31. The molecule has 0 fully saturated rings. The average Bonchev–Trinajstić information content (AvgIpc) is 2.00. The first-order chi connectivity index (χ1) is 6.75. The van der Waals surface area contributed by atoms with E-state index < -0.39 is 34.0 Å². The van der Waals surface area contributed by atoms with Crippen LogP contribution in [0.3, 0.4) is 0 Å². The summed E-state index contributed by atoms with van der Waals surface area (Å²) in [6.45, 7) is 0. The van der Waals surface area contributed by atoms with E-state index >= 15 is 0 Å². The third kappa shape index (κ3) is 2.03. The van der Waals surface area contributed by atoms with Crippen LogP contribution in [0, 0.1) is 21.7 Å². The Morgan fingerprint density at radius 3 is 2.13 bits per heavy atom. The fourth-order valence-corrected chi connectivity index (χ4v) is 0.942. The molecule has 0 aliphatic heterocycles. The van der Waals surface area contributed by atoms with Crippen molar-refractivity contribution in [2.75, 3.05) is 0 Å². The monoisotopic (exact) mass is 227 g/mol. The van der Waals surface area contributed by atoms with E-state index in [1.165, 1.54) is 0 Å². The van der Waals surface area contributed by atoms with Gasteiger partial charge in [-0.05, 0) is 6.07 Å². The highest BCUT2D eigenvalue weighted by molar-refractivity contribution is 5.39. The molecule has 0 aliphatic rings. The maximum absolute atomic E-state index is 12.9. The van der Waals surface area contributed by atoms with Gasteiger partial charge in [0, 0.05) is 6.07 Å². The standard InChI is InChI=1S/C7H2F5NO2/c8-3-1-2-4(13(14)15)6(9)5(3)7(10,11)12/h1-2H. The Morgan fingerprint density at radius 1 is 1.20 bits per heavy atom. The molecule has 1 aromatic carbocycles. The fraction of sp³-hybridized carbons (Fsp3) is 0.143. The molecular weight excluding hydrogens is 225 g/mol. The molecule has 1 rings (SSSR count). The van der Waals surface area contributed by atoms with E-state index in [0.717, 1.165) is 0 Å². The minimum Gasteiger partial charge on any atom is -0.258 e. The quantitative estimate of drug-likeness (QED) is 0.420. The molecule has 0 bridgehead atoms. The van der Waals surface area contributed by atoms with Crippen LogP contribution in [0.2, 0.25) is 0 Å². The largest absolute Gasteiger partial charge is 0.422 e. The predicted octanol–water partition coefficient (Wildman–Crippen LogP) is 2.89. The molecule has 0 aromatic heterocycles. The van der Waals surface area contributed by atoms with E-state index in [9.17, 15) is 32.1 Å². The fourth-order valence-electron chi connectivity index (χ4n) is 0.942. The van der Waals surface area contributed by atoms with Gasteiger partial charge >= 0.3 is 11.9 Å². The average molecular weight is 227 g/mol. The van der Waals surface area contributed by atoms with Gasteiger partial charge in [-0.3, -0.25) is 10.1 Å². The summed E-state index contributed by atoms with van der Waals surface area (Å²) in [7, 11) is 0. The van der Waals surface area contributed by atoms with Crippen LogP contribution in [0.25, 0.3) is 0 Å². The number of halogens is 5. The van der Waals surface area contributed by atoms with E-state index in [0.29, 0.717) is 6.07 Å². The second-order valence-corrected chi connectivity index (χ2v) is 2.51. The highest BCUT2D eigenvalue weighted by Gasteiger charge is 2.40. The lowest BCUT2D eigenvalue weighted by Gasteiger charge is -2.08. The van der Waals surface area contributed by atoms with Crippen molar-refractivity contribution in [2.45, 2.75) is 6.18 Å². The molecule has 0 N–H and O–H groups in total. The molecule has 0 spiro atoms. The zero-order valence-electron chi connectivity index (χ0n) is 6.81. The molecule has 0 aliphatic carbocycles. The van der Waals surface area contributed by atoms with Crippen molar-refractivity contribution in [3.05, 3.63) is 39.4 Å². The summed E-state index contributed by atoms with van der Waals surface area (Å²) in [5.41, 5.74) is -3.67. The van der Waals surface area contributed by atoms with Crippen LogP contribution in [-0.4, -0.2) is 4.92 Å². The SMILES string of the molecule is O=[N+]([O-])c1ccc(F)c(C(F)(F)F)c1F. The molecule has 1 aromatic rings. The summed E-state index contributed by atoms with van der Waals surface area (Å²) in [5, 5.41) is 10.1. The molecule has 3 nitrogen and oxygen atoms in total. The zero-order chi connectivity index (χ0) is 11.8. The molecule has 0 radical (unpaired) electrons. The van der Waals surface area contributed by atoms with Crippen LogP contribution in [0.4, 0.5) is 27.6 Å². The number of hydrogen-bond donors (Lipinski definition) is 0. The van der Waals surface area contributed by atoms with Gasteiger partial charge < -0.3 is 0 Å². The van der Waals surface area contributed by atoms with E-state index in [1.54, 1.807) is 0 Å². The zero-order valence-corrected chi connectivity index (χ0v) is 6.81. The van der Waals surface area contributed by atoms with E-state index in [4.69, 9.17) is 0 Å². The first kappa shape index (κ1) is 11.3. The molecular formula is C7H2F5NO2. The predicted molar refractivity (Wildman–Crippen MR) is 38.0 cm³/mol. The number of benzene rings is 1. The summed E-state index contributed by atoms with van der Waals surface area (Å²) in [6, 6.07) is 0.532. The number of nitrogens with zero attached hydrogens (tertiary/aromatic N) is 1. The Bertz CT molecular complexity index is 415. The summed E-state index contributed by atoms with van der Waals surface area (Å²) < 4.78 is 61.6. The second-order valence-electron chi connectivity index (χ2n) is 2.51. The maximum Gasteiger partial charge on any atom is 0.422 e. The van der Waals surface area contributed by atoms with Crippen molar-refractivity contribution in [1.82, 2.24) is 0 Å². The minimum absolute atomic E-state index is 0.198. The van der Waals surface area contributed by atoms with Crippen LogP contribution < -0.4 is 0 Å². The molecule has 0 heterocycles. The normalized spacial score (nSPS) is 11.5. The Balaban J connectivity index is 3.51. The molecule has 0 amide bonds. The Kier molecular flexibility index (Phi) is 2.61. The Morgan fingerprint density at radius 2 is 1.73 bits per heavy atom. The van der Waals surface area contributed by atoms with Gasteiger partial charge in [0.1, 0.15) is 11.4 Å². The minimum atomic E-state index is -5.31. The van der Waals surface area contributed by atoms with Gasteiger partial charge in [0.25, 0.3) is 0 Å². The molecule has 82 valence electrons.